The number of hydrogen-bond donors (Lipinski definition) is 1. The molecule has 1 aromatic heterocycles. The van der Waals surface area contributed by atoms with Crippen molar-refractivity contribution in [1.29, 1.82) is 0 Å². The Labute approximate surface area is 79.1 Å². The Morgan fingerprint density at radius 3 is 2.71 bits per heavy atom. The van der Waals surface area contributed by atoms with Gasteiger partial charge in [-0.25, -0.2) is 9.36 Å². The highest BCUT2D eigenvalue weighted by Crippen LogP contribution is 1.89. The molecular weight excluding hydrogens is 188 g/mol. The van der Waals surface area contributed by atoms with Crippen molar-refractivity contribution in [3.8, 4) is 0 Å². The third-order valence-corrected chi connectivity index (χ3v) is 1.65. The molecule has 0 aliphatic carbocycles. The van der Waals surface area contributed by atoms with Gasteiger partial charge in [0.2, 0.25) is 5.91 Å². The van der Waals surface area contributed by atoms with Gasteiger partial charge in [0, 0.05) is 20.2 Å². The molecule has 0 fully saturated rings. The lowest BCUT2D eigenvalue weighted by molar-refractivity contribution is 0.0929. The smallest absolute Gasteiger partial charge is 0.335 e. The zero-order chi connectivity index (χ0) is 10.7. The van der Waals surface area contributed by atoms with Crippen LogP contribution in [0.15, 0.2) is 15.8 Å². The molecule has 14 heavy (non-hydrogen) atoms. The normalized spacial score (nSPS) is 10.1. The Morgan fingerprint density at radius 2 is 2.21 bits per heavy atom. The minimum atomic E-state index is -0.734. The molecular formula is C8H10N2O4. The standard InChI is InChI=1S/C8H10N2O4/c1-5(11)10-3-6(4-14-2)7(12)9-8(10)13/h3H,4H2,1-2H3,(H,9,12,13). The minimum absolute atomic E-state index is 0.0584. The minimum Gasteiger partial charge on any atom is -0.380 e. The highest BCUT2D eigenvalue weighted by atomic mass is 16.5. The maximum absolute atomic E-state index is 11.1. The Balaban J connectivity index is 3.35. The zero-order valence-electron chi connectivity index (χ0n) is 7.86. The van der Waals surface area contributed by atoms with Crippen LogP contribution < -0.4 is 11.2 Å². The highest BCUT2D eigenvalue weighted by Gasteiger charge is 2.06. The summed E-state index contributed by atoms with van der Waals surface area (Å²) >= 11 is 0. The number of carbonyl (C=O) groups is 1. The molecule has 0 saturated carbocycles. The van der Waals surface area contributed by atoms with E-state index >= 15 is 0 Å². The summed E-state index contributed by atoms with van der Waals surface area (Å²) in [6.45, 7) is 1.29. The van der Waals surface area contributed by atoms with Gasteiger partial charge in [0.25, 0.3) is 5.56 Å². The van der Waals surface area contributed by atoms with Gasteiger partial charge < -0.3 is 4.74 Å². The van der Waals surface area contributed by atoms with Crippen molar-refractivity contribution in [3.63, 3.8) is 0 Å². The van der Waals surface area contributed by atoms with E-state index in [4.69, 9.17) is 4.74 Å². The van der Waals surface area contributed by atoms with E-state index in [0.717, 1.165) is 4.57 Å². The van der Waals surface area contributed by atoms with Crippen molar-refractivity contribution in [2.45, 2.75) is 13.5 Å². The molecule has 0 aromatic carbocycles. The first kappa shape index (κ1) is 10.4. The van der Waals surface area contributed by atoms with Crippen molar-refractivity contribution < 1.29 is 9.53 Å². The first-order valence-electron chi connectivity index (χ1n) is 3.91. The molecule has 0 spiro atoms. The molecule has 0 amide bonds. The van der Waals surface area contributed by atoms with Gasteiger partial charge in [-0.1, -0.05) is 0 Å². The van der Waals surface area contributed by atoms with Gasteiger partial charge in [0.15, 0.2) is 0 Å². The lowest BCUT2D eigenvalue weighted by Gasteiger charge is -2.02. The molecule has 0 bridgehead atoms. The predicted octanol–water partition coefficient (Wildman–Crippen LogP) is -0.657. The molecule has 1 rings (SSSR count). The van der Waals surface area contributed by atoms with E-state index in [0.29, 0.717) is 0 Å². The second kappa shape index (κ2) is 4.01. The number of aromatic amines is 1. The van der Waals surface area contributed by atoms with Crippen LogP contribution in [0.1, 0.15) is 17.3 Å². The number of aromatic nitrogens is 2. The van der Waals surface area contributed by atoms with E-state index in [-0.39, 0.29) is 12.2 Å². The number of H-pyrrole nitrogens is 1. The molecule has 6 nitrogen and oxygen atoms in total. The topological polar surface area (TPSA) is 81.2 Å². The van der Waals surface area contributed by atoms with Crippen LogP contribution in [0, 0.1) is 0 Å². The van der Waals surface area contributed by atoms with Crippen LogP contribution in [0.2, 0.25) is 0 Å². The lowest BCUT2D eigenvalue weighted by atomic mass is 10.3. The molecule has 0 atom stereocenters. The molecule has 1 N–H and O–H groups in total. The first-order valence-corrected chi connectivity index (χ1v) is 3.91. The van der Waals surface area contributed by atoms with Crippen molar-refractivity contribution in [2.75, 3.05) is 7.11 Å². The van der Waals surface area contributed by atoms with Crippen LogP contribution in [0.4, 0.5) is 0 Å². The lowest BCUT2D eigenvalue weighted by Crippen LogP contribution is -2.34. The van der Waals surface area contributed by atoms with Gasteiger partial charge in [0.1, 0.15) is 0 Å². The van der Waals surface area contributed by atoms with Gasteiger partial charge in [-0.15, -0.1) is 0 Å². The Morgan fingerprint density at radius 1 is 1.57 bits per heavy atom. The first-order chi connectivity index (χ1) is 6.56. The number of hydrogen-bond acceptors (Lipinski definition) is 4. The highest BCUT2D eigenvalue weighted by molar-refractivity contribution is 5.75. The zero-order valence-corrected chi connectivity index (χ0v) is 7.86. The van der Waals surface area contributed by atoms with E-state index < -0.39 is 17.2 Å². The Kier molecular flexibility index (Phi) is 2.98. The molecule has 1 heterocycles. The molecule has 0 unspecified atom stereocenters. The number of nitrogens with one attached hydrogen (secondary N) is 1. The van der Waals surface area contributed by atoms with Crippen LogP contribution in [0.3, 0.4) is 0 Å². The molecule has 0 saturated heterocycles. The maximum atomic E-state index is 11.1. The third-order valence-electron chi connectivity index (χ3n) is 1.65. The fourth-order valence-electron chi connectivity index (χ4n) is 1.00. The van der Waals surface area contributed by atoms with Crippen molar-refractivity contribution in [2.24, 2.45) is 0 Å². The fraction of sp³-hybridized carbons (Fsp3) is 0.375. The predicted molar refractivity (Wildman–Crippen MR) is 48.3 cm³/mol. The summed E-state index contributed by atoms with van der Waals surface area (Å²) in [6.07, 6.45) is 1.19. The number of carbonyl (C=O) groups excluding carboxylic acids is 1. The molecule has 0 radical (unpaired) electrons. The number of rotatable bonds is 2. The largest absolute Gasteiger partial charge is 0.380 e. The SMILES string of the molecule is COCc1cn(C(C)=O)c(=O)[nH]c1=O. The number of nitrogens with zero attached hydrogens (tertiary/aromatic N) is 1. The second-order valence-corrected chi connectivity index (χ2v) is 2.74. The summed E-state index contributed by atoms with van der Waals surface area (Å²) in [5.41, 5.74) is -1.03. The van der Waals surface area contributed by atoms with Crippen molar-refractivity contribution in [3.05, 3.63) is 32.6 Å². The van der Waals surface area contributed by atoms with Crippen LogP contribution in [-0.2, 0) is 11.3 Å². The third kappa shape index (κ3) is 1.97. The van der Waals surface area contributed by atoms with E-state index in [1.54, 1.807) is 0 Å². The molecule has 6 heteroatoms. The Bertz CT molecular complexity index is 457. The van der Waals surface area contributed by atoms with Gasteiger partial charge >= 0.3 is 5.69 Å². The van der Waals surface area contributed by atoms with Crippen molar-refractivity contribution >= 4 is 5.91 Å². The summed E-state index contributed by atoms with van der Waals surface area (Å²) in [7, 11) is 1.42. The molecule has 0 aliphatic rings. The van der Waals surface area contributed by atoms with Crippen LogP contribution in [-0.4, -0.2) is 22.6 Å². The number of methoxy groups -OCH3 is 1. The van der Waals surface area contributed by atoms with Gasteiger partial charge in [-0.2, -0.15) is 0 Å². The molecule has 0 aliphatic heterocycles. The van der Waals surface area contributed by atoms with Crippen LogP contribution in [0.5, 0.6) is 0 Å². The van der Waals surface area contributed by atoms with Gasteiger partial charge in [-0.05, 0) is 0 Å². The summed E-state index contributed by atoms with van der Waals surface area (Å²) < 4.78 is 5.57. The summed E-state index contributed by atoms with van der Waals surface area (Å²) in [6, 6.07) is 0. The molecule has 76 valence electrons. The summed E-state index contributed by atoms with van der Waals surface area (Å²) in [5.74, 6) is -0.455. The second-order valence-electron chi connectivity index (χ2n) is 2.74. The average molecular weight is 198 g/mol. The quantitative estimate of drug-likeness (QED) is 0.684. The fourth-order valence-corrected chi connectivity index (χ4v) is 1.00. The van der Waals surface area contributed by atoms with Gasteiger partial charge in [0.05, 0.1) is 12.2 Å². The van der Waals surface area contributed by atoms with E-state index in [1.165, 1.54) is 20.2 Å². The Hall–Kier alpha value is -1.69. The van der Waals surface area contributed by atoms with E-state index in [1.807, 2.05) is 4.98 Å². The van der Waals surface area contributed by atoms with E-state index in [9.17, 15) is 14.4 Å². The average Bonchev–Trinajstić information content (AvgIpc) is 2.09. The van der Waals surface area contributed by atoms with Crippen molar-refractivity contribution in [1.82, 2.24) is 9.55 Å². The van der Waals surface area contributed by atoms with E-state index in [2.05, 4.69) is 0 Å². The van der Waals surface area contributed by atoms with Crippen LogP contribution >= 0.6 is 0 Å². The summed E-state index contributed by atoms with van der Waals surface area (Å²) in [4.78, 5) is 35.2. The number of ether oxygens (including phenoxy) is 1. The maximum Gasteiger partial charge on any atom is 0.335 e. The monoisotopic (exact) mass is 198 g/mol. The van der Waals surface area contributed by atoms with Gasteiger partial charge in [-0.3, -0.25) is 14.6 Å². The van der Waals surface area contributed by atoms with Crippen LogP contribution in [0.25, 0.3) is 0 Å². The molecule has 1 aromatic rings. The summed E-state index contributed by atoms with van der Waals surface area (Å²) in [5, 5.41) is 0.